The minimum atomic E-state index is -1.28. The summed E-state index contributed by atoms with van der Waals surface area (Å²) in [6.45, 7) is -0.305. The van der Waals surface area contributed by atoms with Crippen LogP contribution in [0.4, 0.5) is 4.79 Å². The molecule has 0 radical (unpaired) electrons. The van der Waals surface area contributed by atoms with Crippen LogP contribution in [-0.2, 0) is 9.47 Å². The average molecular weight is 224 g/mol. The van der Waals surface area contributed by atoms with Gasteiger partial charge in [0.2, 0.25) is 0 Å². The lowest BCUT2D eigenvalue weighted by molar-refractivity contribution is -0.194. The van der Waals surface area contributed by atoms with Crippen LogP contribution in [0.15, 0.2) is 0 Å². The molecule has 1 heterocycles. The van der Waals surface area contributed by atoms with Crippen molar-refractivity contribution >= 4 is 17.9 Å². The van der Waals surface area contributed by atoms with Gasteiger partial charge in [0.05, 0.1) is 6.61 Å². The van der Waals surface area contributed by atoms with Gasteiger partial charge in [-0.15, -0.1) is 0 Å². The number of hydrogen-bond acceptors (Lipinski definition) is 6. The molecule has 1 aliphatic heterocycles. The van der Waals surface area contributed by atoms with Crippen LogP contribution in [0.5, 0.6) is 0 Å². The fraction of sp³-hybridized carbons (Fsp3) is 0.857. The van der Waals surface area contributed by atoms with Gasteiger partial charge in [-0.2, -0.15) is 0 Å². The molecule has 4 unspecified atom stereocenters. The molecule has 1 aliphatic rings. The van der Waals surface area contributed by atoms with E-state index in [1.54, 1.807) is 0 Å². The number of carbonyl (C=O) groups excluding carboxylic acids is 1. The largest absolute Gasteiger partial charge is 0.455 e. The van der Waals surface area contributed by atoms with Crippen LogP contribution in [-0.4, -0.2) is 58.3 Å². The Labute approximate surface area is 85.8 Å². The SMILES string of the molecule is O=C(S)OCC1OCC(O)C(O)C1O. The van der Waals surface area contributed by atoms with Crippen LogP contribution in [0.2, 0.25) is 0 Å². The summed E-state index contributed by atoms with van der Waals surface area (Å²) in [6.07, 6.45) is -4.50. The molecule has 0 aliphatic carbocycles. The van der Waals surface area contributed by atoms with E-state index >= 15 is 0 Å². The molecule has 1 fully saturated rings. The maximum atomic E-state index is 10.3. The monoisotopic (exact) mass is 224 g/mol. The second-order valence-corrected chi connectivity index (χ2v) is 3.36. The summed E-state index contributed by atoms with van der Waals surface area (Å²) in [5, 5.41) is 26.9. The molecule has 82 valence electrons. The molecule has 0 aromatic carbocycles. The molecule has 14 heavy (non-hydrogen) atoms. The molecular formula is C7H12O6S. The van der Waals surface area contributed by atoms with E-state index in [2.05, 4.69) is 17.4 Å². The van der Waals surface area contributed by atoms with Gasteiger partial charge >= 0.3 is 5.30 Å². The Hall–Kier alpha value is -0.340. The highest BCUT2D eigenvalue weighted by Gasteiger charge is 2.37. The quantitative estimate of drug-likeness (QED) is 0.338. The number of aliphatic hydroxyl groups excluding tert-OH is 3. The summed E-state index contributed by atoms with van der Waals surface area (Å²) in [7, 11) is 0. The average Bonchev–Trinajstić information content (AvgIpc) is 2.13. The van der Waals surface area contributed by atoms with E-state index in [0.717, 1.165) is 0 Å². The molecular weight excluding hydrogens is 212 g/mol. The Morgan fingerprint density at radius 2 is 2.07 bits per heavy atom. The minimum absolute atomic E-state index is 0.104. The number of aliphatic hydroxyl groups is 3. The molecule has 6 nitrogen and oxygen atoms in total. The summed E-state index contributed by atoms with van der Waals surface area (Å²) in [4.78, 5) is 10.3. The molecule has 1 saturated heterocycles. The van der Waals surface area contributed by atoms with Gasteiger partial charge in [0.1, 0.15) is 31.0 Å². The van der Waals surface area contributed by atoms with Crippen LogP contribution < -0.4 is 0 Å². The van der Waals surface area contributed by atoms with Crippen molar-refractivity contribution in [2.45, 2.75) is 24.4 Å². The highest BCUT2D eigenvalue weighted by Crippen LogP contribution is 2.15. The summed E-state index contributed by atoms with van der Waals surface area (Å²) >= 11 is 3.36. The van der Waals surface area contributed by atoms with Crippen molar-refractivity contribution in [1.29, 1.82) is 0 Å². The molecule has 0 saturated carbocycles. The first kappa shape index (κ1) is 11.7. The number of hydrogen-bond donors (Lipinski definition) is 4. The molecule has 7 heteroatoms. The van der Waals surface area contributed by atoms with Gasteiger partial charge in [0, 0.05) is 0 Å². The van der Waals surface area contributed by atoms with Gasteiger partial charge in [-0.1, -0.05) is 12.6 Å². The third-order valence-electron chi connectivity index (χ3n) is 1.98. The normalized spacial score (nSPS) is 38.0. The molecule has 0 amide bonds. The van der Waals surface area contributed by atoms with E-state index in [-0.39, 0.29) is 13.2 Å². The fourth-order valence-corrected chi connectivity index (χ4v) is 1.24. The zero-order valence-electron chi connectivity index (χ0n) is 7.24. The number of thiol groups is 1. The van der Waals surface area contributed by atoms with Crippen molar-refractivity contribution in [1.82, 2.24) is 0 Å². The Bertz CT molecular complexity index is 210. The fourth-order valence-electron chi connectivity index (χ4n) is 1.17. The molecule has 0 aromatic heterocycles. The van der Waals surface area contributed by atoms with Crippen LogP contribution in [0, 0.1) is 0 Å². The predicted molar refractivity (Wildman–Crippen MR) is 48.1 cm³/mol. The zero-order valence-corrected chi connectivity index (χ0v) is 8.13. The van der Waals surface area contributed by atoms with Gasteiger partial charge in [-0.3, -0.25) is 0 Å². The molecule has 0 spiro atoms. The minimum Gasteiger partial charge on any atom is -0.455 e. The summed E-state index contributed by atoms with van der Waals surface area (Å²) < 4.78 is 9.43. The van der Waals surface area contributed by atoms with Crippen LogP contribution in [0.25, 0.3) is 0 Å². The van der Waals surface area contributed by atoms with Gasteiger partial charge in [0.25, 0.3) is 0 Å². The van der Waals surface area contributed by atoms with Crippen molar-refractivity contribution in [3.63, 3.8) is 0 Å². The first-order chi connectivity index (χ1) is 6.52. The first-order valence-electron chi connectivity index (χ1n) is 4.04. The standard InChI is InChI=1S/C7H12O6S/c8-3-1-12-4(2-13-7(11)14)6(10)5(3)9/h3-6,8-10H,1-2H2,(H,11,14). The van der Waals surface area contributed by atoms with Crippen molar-refractivity contribution in [2.75, 3.05) is 13.2 Å². The first-order valence-corrected chi connectivity index (χ1v) is 4.48. The van der Waals surface area contributed by atoms with E-state index in [4.69, 9.17) is 9.84 Å². The van der Waals surface area contributed by atoms with Crippen molar-refractivity contribution in [2.24, 2.45) is 0 Å². The Balaban J connectivity index is 2.42. The van der Waals surface area contributed by atoms with Gasteiger partial charge in [-0.25, -0.2) is 4.79 Å². The highest BCUT2D eigenvalue weighted by molar-refractivity contribution is 7.96. The molecule has 0 bridgehead atoms. The van der Waals surface area contributed by atoms with Gasteiger partial charge < -0.3 is 24.8 Å². The Morgan fingerprint density at radius 1 is 1.43 bits per heavy atom. The molecule has 3 N–H and O–H groups in total. The molecule has 4 atom stereocenters. The van der Waals surface area contributed by atoms with E-state index < -0.39 is 29.7 Å². The van der Waals surface area contributed by atoms with Gasteiger partial charge in [-0.05, 0) is 0 Å². The van der Waals surface area contributed by atoms with E-state index in [9.17, 15) is 15.0 Å². The number of rotatable bonds is 2. The second-order valence-electron chi connectivity index (χ2n) is 3.00. The third-order valence-corrected chi connectivity index (χ3v) is 2.11. The summed E-state index contributed by atoms with van der Waals surface area (Å²) in [5.74, 6) is 0. The van der Waals surface area contributed by atoms with E-state index in [1.807, 2.05) is 0 Å². The molecule has 0 aromatic rings. The lowest BCUT2D eigenvalue weighted by atomic mass is 10.0. The molecule has 1 rings (SSSR count). The Kier molecular flexibility index (Phi) is 4.14. The lowest BCUT2D eigenvalue weighted by Crippen LogP contribution is -2.54. The maximum absolute atomic E-state index is 10.3. The third kappa shape index (κ3) is 2.82. The number of ether oxygens (including phenoxy) is 2. The zero-order chi connectivity index (χ0) is 10.7. The second kappa shape index (κ2) is 4.94. The Morgan fingerprint density at radius 3 is 2.64 bits per heavy atom. The number of carbonyl (C=O) groups is 1. The van der Waals surface area contributed by atoms with E-state index in [0.29, 0.717) is 0 Å². The highest BCUT2D eigenvalue weighted by atomic mass is 32.1. The van der Waals surface area contributed by atoms with Crippen molar-refractivity contribution < 1.29 is 29.6 Å². The maximum Gasteiger partial charge on any atom is 0.364 e. The topological polar surface area (TPSA) is 96.2 Å². The summed E-state index contributed by atoms with van der Waals surface area (Å²) in [5.41, 5.74) is 0. The van der Waals surface area contributed by atoms with Gasteiger partial charge in [0.15, 0.2) is 0 Å². The smallest absolute Gasteiger partial charge is 0.364 e. The van der Waals surface area contributed by atoms with Crippen molar-refractivity contribution in [3.05, 3.63) is 0 Å². The van der Waals surface area contributed by atoms with Crippen LogP contribution >= 0.6 is 12.6 Å². The van der Waals surface area contributed by atoms with Crippen LogP contribution in [0.1, 0.15) is 0 Å². The van der Waals surface area contributed by atoms with Crippen LogP contribution in [0.3, 0.4) is 0 Å². The lowest BCUT2D eigenvalue weighted by Gasteiger charge is -2.34. The van der Waals surface area contributed by atoms with E-state index in [1.165, 1.54) is 0 Å². The summed E-state index contributed by atoms with van der Waals surface area (Å²) in [6, 6.07) is 0. The van der Waals surface area contributed by atoms with Crippen molar-refractivity contribution in [3.8, 4) is 0 Å². The predicted octanol–water partition coefficient (Wildman–Crippen LogP) is -1.47.